The van der Waals surface area contributed by atoms with Crippen molar-refractivity contribution in [3.8, 4) is 0 Å². The van der Waals surface area contributed by atoms with E-state index in [9.17, 15) is 14.4 Å². The molecule has 0 aliphatic rings. The van der Waals surface area contributed by atoms with Gasteiger partial charge in [-0.05, 0) is 96.3 Å². The standard InChI is InChI=1S/C63H104O6/c1-4-7-10-13-15-17-19-21-23-25-27-28-29-30-31-32-33-34-36-37-39-41-43-45-47-50-53-56-62(65)68-59-60(58-67-61(64)55-52-49-12-9-6-3)69-63(66)57-54-51-48-46-44-42-40-38-35-26-24-22-20-18-16-14-11-8-5-2/h8,11,16,18-19,21-22,24-25,27,29-30,35,38,42,44,48,51,60H,4-7,9-10,12-15,17,20,23,26,28,31-34,36-37,39-41,43,45-47,49-50,52-59H2,1-3H3/b11-8-,18-16-,21-19-,24-22-,27-25-,30-29-,38-35-,44-42-,51-48-. The predicted molar refractivity (Wildman–Crippen MR) is 297 cm³/mol. The number of carbonyl (C=O) groups excluding carboxylic acids is 3. The van der Waals surface area contributed by atoms with Gasteiger partial charge in [0.15, 0.2) is 6.10 Å². The van der Waals surface area contributed by atoms with Gasteiger partial charge in [-0.2, -0.15) is 0 Å². The van der Waals surface area contributed by atoms with E-state index in [1.807, 2.05) is 12.2 Å². The predicted octanol–water partition coefficient (Wildman–Crippen LogP) is 19.1. The first-order valence-corrected chi connectivity index (χ1v) is 28.4. The Morgan fingerprint density at radius 3 is 0.942 bits per heavy atom. The van der Waals surface area contributed by atoms with E-state index in [2.05, 4.69) is 118 Å². The van der Waals surface area contributed by atoms with E-state index in [4.69, 9.17) is 14.2 Å². The van der Waals surface area contributed by atoms with Crippen LogP contribution in [0.4, 0.5) is 0 Å². The molecule has 0 spiro atoms. The van der Waals surface area contributed by atoms with Crippen LogP contribution in [0.3, 0.4) is 0 Å². The molecule has 0 aromatic carbocycles. The maximum atomic E-state index is 12.7. The molecule has 0 aromatic rings. The monoisotopic (exact) mass is 957 g/mol. The van der Waals surface area contributed by atoms with Crippen LogP contribution in [0, 0.1) is 0 Å². The number of esters is 3. The number of hydrogen-bond donors (Lipinski definition) is 0. The Morgan fingerprint density at radius 2 is 0.594 bits per heavy atom. The zero-order valence-corrected chi connectivity index (χ0v) is 44.8. The first-order chi connectivity index (χ1) is 34.0. The van der Waals surface area contributed by atoms with Crippen LogP contribution in [0.15, 0.2) is 109 Å². The number of hydrogen-bond acceptors (Lipinski definition) is 6. The second-order valence-corrected chi connectivity index (χ2v) is 18.5. The highest BCUT2D eigenvalue weighted by Gasteiger charge is 2.19. The van der Waals surface area contributed by atoms with Gasteiger partial charge < -0.3 is 14.2 Å². The molecule has 0 aliphatic carbocycles. The summed E-state index contributed by atoms with van der Waals surface area (Å²) >= 11 is 0. The lowest BCUT2D eigenvalue weighted by atomic mass is 10.0. The fraction of sp³-hybridized carbons (Fsp3) is 0.667. The fourth-order valence-corrected chi connectivity index (χ4v) is 7.53. The number of ether oxygens (including phenoxy) is 3. The van der Waals surface area contributed by atoms with Crippen LogP contribution in [-0.4, -0.2) is 37.2 Å². The Balaban J connectivity index is 4.18. The summed E-state index contributed by atoms with van der Waals surface area (Å²) < 4.78 is 16.6. The highest BCUT2D eigenvalue weighted by atomic mass is 16.6. The van der Waals surface area contributed by atoms with Crippen molar-refractivity contribution in [2.75, 3.05) is 13.2 Å². The molecule has 6 nitrogen and oxygen atoms in total. The van der Waals surface area contributed by atoms with Gasteiger partial charge in [0.05, 0.1) is 0 Å². The van der Waals surface area contributed by atoms with Crippen LogP contribution >= 0.6 is 0 Å². The summed E-state index contributed by atoms with van der Waals surface area (Å²) in [5, 5.41) is 0. The molecule has 69 heavy (non-hydrogen) atoms. The molecule has 0 N–H and O–H groups in total. The zero-order chi connectivity index (χ0) is 50.0. The summed E-state index contributed by atoms with van der Waals surface area (Å²) in [5.74, 6) is -1.01. The van der Waals surface area contributed by atoms with Gasteiger partial charge in [0, 0.05) is 19.3 Å². The fourth-order valence-electron chi connectivity index (χ4n) is 7.53. The van der Waals surface area contributed by atoms with E-state index in [1.165, 1.54) is 103 Å². The minimum Gasteiger partial charge on any atom is -0.462 e. The first-order valence-electron chi connectivity index (χ1n) is 28.4. The van der Waals surface area contributed by atoms with Gasteiger partial charge in [0.1, 0.15) is 13.2 Å². The van der Waals surface area contributed by atoms with Crippen molar-refractivity contribution in [2.24, 2.45) is 0 Å². The first kappa shape index (κ1) is 65.1. The topological polar surface area (TPSA) is 78.9 Å². The molecule has 0 saturated carbocycles. The molecular formula is C63H104O6. The number of rotatable bonds is 50. The van der Waals surface area contributed by atoms with Crippen molar-refractivity contribution in [1.29, 1.82) is 0 Å². The van der Waals surface area contributed by atoms with Crippen molar-refractivity contribution in [1.82, 2.24) is 0 Å². The lowest BCUT2D eigenvalue weighted by molar-refractivity contribution is -0.166. The molecule has 0 aromatic heterocycles. The van der Waals surface area contributed by atoms with Crippen LogP contribution < -0.4 is 0 Å². The van der Waals surface area contributed by atoms with E-state index in [-0.39, 0.29) is 31.6 Å². The zero-order valence-electron chi connectivity index (χ0n) is 44.8. The molecule has 6 heteroatoms. The Labute approximate surface area is 425 Å². The van der Waals surface area contributed by atoms with Crippen molar-refractivity contribution < 1.29 is 28.6 Å². The summed E-state index contributed by atoms with van der Waals surface area (Å²) in [7, 11) is 0. The minimum absolute atomic E-state index is 0.110. The number of unbranched alkanes of at least 4 members (excludes halogenated alkanes) is 21. The maximum absolute atomic E-state index is 12.7. The summed E-state index contributed by atoms with van der Waals surface area (Å²) in [6.45, 7) is 6.36. The van der Waals surface area contributed by atoms with Crippen molar-refractivity contribution >= 4 is 17.9 Å². The molecule has 0 bridgehead atoms. The van der Waals surface area contributed by atoms with Crippen LogP contribution in [0.1, 0.15) is 252 Å². The lowest BCUT2D eigenvalue weighted by Crippen LogP contribution is -2.30. The Kier molecular flexibility index (Phi) is 53.4. The normalized spacial score (nSPS) is 12.9. The smallest absolute Gasteiger partial charge is 0.306 e. The third kappa shape index (κ3) is 54.9. The van der Waals surface area contributed by atoms with E-state index >= 15 is 0 Å². The lowest BCUT2D eigenvalue weighted by Gasteiger charge is -2.18. The molecule has 0 amide bonds. The second-order valence-electron chi connectivity index (χ2n) is 18.5. The second kappa shape index (κ2) is 56.7. The quantitative estimate of drug-likeness (QED) is 0.0262. The van der Waals surface area contributed by atoms with Gasteiger partial charge in [-0.1, -0.05) is 246 Å². The summed E-state index contributed by atoms with van der Waals surface area (Å²) in [4.78, 5) is 37.7. The maximum Gasteiger partial charge on any atom is 0.306 e. The van der Waals surface area contributed by atoms with Gasteiger partial charge in [0.25, 0.3) is 0 Å². The van der Waals surface area contributed by atoms with Crippen molar-refractivity contribution in [3.05, 3.63) is 109 Å². The Morgan fingerprint density at radius 1 is 0.304 bits per heavy atom. The molecule has 392 valence electrons. The van der Waals surface area contributed by atoms with E-state index in [1.54, 1.807) is 0 Å². The molecule has 1 unspecified atom stereocenters. The Hall–Kier alpha value is -3.93. The summed E-state index contributed by atoms with van der Waals surface area (Å²) in [5.41, 5.74) is 0. The van der Waals surface area contributed by atoms with Crippen molar-refractivity contribution in [2.45, 2.75) is 258 Å². The molecule has 0 rings (SSSR count). The summed E-state index contributed by atoms with van der Waals surface area (Å²) in [6, 6.07) is 0. The van der Waals surface area contributed by atoms with E-state index in [0.29, 0.717) is 19.3 Å². The van der Waals surface area contributed by atoms with Crippen LogP contribution in [-0.2, 0) is 28.6 Å². The molecule has 0 aliphatic heterocycles. The van der Waals surface area contributed by atoms with Crippen LogP contribution in [0.25, 0.3) is 0 Å². The largest absolute Gasteiger partial charge is 0.462 e. The summed E-state index contributed by atoms with van der Waals surface area (Å²) in [6.07, 6.45) is 77.1. The molecule has 0 saturated heterocycles. The average Bonchev–Trinajstić information content (AvgIpc) is 3.35. The highest BCUT2D eigenvalue weighted by molar-refractivity contribution is 5.71. The van der Waals surface area contributed by atoms with Gasteiger partial charge >= 0.3 is 17.9 Å². The van der Waals surface area contributed by atoms with Gasteiger partial charge in [-0.3, -0.25) is 14.4 Å². The van der Waals surface area contributed by atoms with Crippen LogP contribution in [0.2, 0.25) is 0 Å². The Bertz CT molecular complexity index is 1420. The van der Waals surface area contributed by atoms with Crippen molar-refractivity contribution in [3.63, 3.8) is 0 Å². The molecule has 0 radical (unpaired) electrons. The van der Waals surface area contributed by atoms with E-state index in [0.717, 1.165) is 103 Å². The third-order valence-electron chi connectivity index (χ3n) is 11.8. The van der Waals surface area contributed by atoms with E-state index < -0.39 is 12.1 Å². The van der Waals surface area contributed by atoms with Gasteiger partial charge in [0.2, 0.25) is 0 Å². The highest BCUT2D eigenvalue weighted by Crippen LogP contribution is 2.14. The average molecular weight is 958 g/mol. The molecular weight excluding hydrogens is 853 g/mol. The number of carbonyl (C=O) groups is 3. The molecule has 1 atom stereocenters. The van der Waals surface area contributed by atoms with Gasteiger partial charge in [-0.25, -0.2) is 0 Å². The number of allylic oxidation sites excluding steroid dienone is 18. The SMILES string of the molecule is CC/C=C\C/C=C\C/C=C\C/C=C\C/C=C\C/C=C\CCC(=O)OC(COC(=O)CCCCCCC)COC(=O)CCCCCCCCCCCCCC/C=C\C/C=C\C/C=C\CCCCCCC. The van der Waals surface area contributed by atoms with Gasteiger partial charge in [-0.15, -0.1) is 0 Å². The molecule has 0 fully saturated rings. The minimum atomic E-state index is -0.817. The van der Waals surface area contributed by atoms with Crippen LogP contribution in [0.5, 0.6) is 0 Å². The molecule has 0 heterocycles. The third-order valence-corrected chi connectivity index (χ3v) is 11.8.